The van der Waals surface area contributed by atoms with Gasteiger partial charge in [-0.3, -0.25) is 4.79 Å². The van der Waals surface area contributed by atoms with Crippen molar-refractivity contribution >= 4 is 12.0 Å². The van der Waals surface area contributed by atoms with Gasteiger partial charge in [-0.05, 0) is 5.92 Å². The molecule has 3 atom stereocenters. The van der Waals surface area contributed by atoms with Crippen LogP contribution in [0.3, 0.4) is 0 Å². The van der Waals surface area contributed by atoms with Crippen molar-refractivity contribution in [1.82, 2.24) is 10.2 Å². The smallest absolute Gasteiger partial charge is 0.317 e. The van der Waals surface area contributed by atoms with Gasteiger partial charge < -0.3 is 24.8 Å². The van der Waals surface area contributed by atoms with Gasteiger partial charge in [-0.2, -0.15) is 0 Å². The standard InChI is InChI=1S/C12H20N2O5/c1-8-5-14(6-10(8)11(15)16)12(17)13-4-9-7-18-2-3-19-9/h8-10H,2-7H2,1H3,(H,13,17)(H,15,16)/t8-,9?,10-/m1/s1. The molecule has 2 N–H and O–H groups in total. The van der Waals surface area contributed by atoms with Gasteiger partial charge in [0, 0.05) is 19.6 Å². The van der Waals surface area contributed by atoms with Gasteiger partial charge in [-0.1, -0.05) is 6.92 Å². The Kier molecular flexibility index (Phi) is 4.60. The summed E-state index contributed by atoms with van der Waals surface area (Å²) in [6, 6.07) is -0.232. The number of carboxylic acids is 1. The molecule has 0 bridgehead atoms. The molecule has 2 aliphatic rings. The van der Waals surface area contributed by atoms with E-state index in [9.17, 15) is 9.59 Å². The largest absolute Gasteiger partial charge is 0.481 e. The van der Waals surface area contributed by atoms with E-state index < -0.39 is 11.9 Å². The number of likely N-dealkylation sites (tertiary alicyclic amines) is 1. The van der Waals surface area contributed by atoms with Crippen LogP contribution in [0.25, 0.3) is 0 Å². The van der Waals surface area contributed by atoms with Crippen LogP contribution in [0.5, 0.6) is 0 Å². The molecule has 0 radical (unpaired) electrons. The molecule has 0 aromatic heterocycles. The van der Waals surface area contributed by atoms with Crippen LogP contribution in [0.4, 0.5) is 4.79 Å². The fourth-order valence-corrected chi connectivity index (χ4v) is 2.42. The molecule has 0 spiro atoms. The number of aliphatic carboxylic acids is 1. The molecule has 0 aromatic rings. The fraction of sp³-hybridized carbons (Fsp3) is 0.833. The lowest BCUT2D eigenvalue weighted by Crippen LogP contribution is -2.45. The highest BCUT2D eigenvalue weighted by atomic mass is 16.6. The molecule has 0 aliphatic carbocycles. The Morgan fingerprint density at radius 1 is 1.37 bits per heavy atom. The van der Waals surface area contributed by atoms with Crippen LogP contribution < -0.4 is 5.32 Å². The SMILES string of the molecule is C[C@@H]1CN(C(=O)NCC2COCCO2)C[C@H]1C(=O)O. The molecule has 2 fully saturated rings. The highest BCUT2D eigenvalue weighted by molar-refractivity contribution is 5.77. The van der Waals surface area contributed by atoms with Gasteiger partial charge in [-0.15, -0.1) is 0 Å². The van der Waals surface area contributed by atoms with E-state index in [1.54, 1.807) is 4.90 Å². The summed E-state index contributed by atoms with van der Waals surface area (Å²) in [6.45, 7) is 4.60. The molecular weight excluding hydrogens is 252 g/mol. The Balaban J connectivity index is 1.76. The number of carbonyl (C=O) groups is 2. The molecule has 2 heterocycles. The maximum atomic E-state index is 11.9. The third kappa shape index (κ3) is 3.57. The number of hydrogen-bond donors (Lipinski definition) is 2. The van der Waals surface area contributed by atoms with E-state index in [1.807, 2.05) is 6.92 Å². The number of carbonyl (C=O) groups excluding carboxylic acids is 1. The first-order chi connectivity index (χ1) is 9.08. The van der Waals surface area contributed by atoms with Crippen molar-refractivity contribution in [3.63, 3.8) is 0 Å². The molecule has 2 rings (SSSR count). The molecule has 2 aliphatic heterocycles. The van der Waals surface area contributed by atoms with Gasteiger partial charge in [-0.25, -0.2) is 4.79 Å². The summed E-state index contributed by atoms with van der Waals surface area (Å²) in [5.41, 5.74) is 0. The molecule has 1 unspecified atom stereocenters. The first-order valence-electron chi connectivity index (χ1n) is 6.53. The van der Waals surface area contributed by atoms with Crippen molar-refractivity contribution in [3.8, 4) is 0 Å². The summed E-state index contributed by atoms with van der Waals surface area (Å²) in [5, 5.41) is 11.8. The maximum absolute atomic E-state index is 11.9. The van der Waals surface area contributed by atoms with Crippen LogP contribution >= 0.6 is 0 Å². The average molecular weight is 272 g/mol. The van der Waals surface area contributed by atoms with Crippen LogP contribution in [-0.2, 0) is 14.3 Å². The molecule has 2 amide bonds. The Morgan fingerprint density at radius 3 is 2.74 bits per heavy atom. The lowest BCUT2D eigenvalue weighted by molar-refractivity contribution is -0.142. The number of rotatable bonds is 3. The van der Waals surface area contributed by atoms with Crippen molar-refractivity contribution in [2.75, 3.05) is 39.5 Å². The lowest BCUT2D eigenvalue weighted by Gasteiger charge is -2.24. The van der Waals surface area contributed by atoms with E-state index in [0.29, 0.717) is 32.9 Å². The summed E-state index contributed by atoms with van der Waals surface area (Å²) in [5.74, 6) is -1.33. The van der Waals surface area contributed by atoms with Crippen molar-refractivity contribution in [2.24, 2.45) is 11.8 Å². The van der Waals surface area contributed by atoms with Gasteiger partial charge in [0.25, 0.3) is 0 Å². The van der Waals surface area contributed by atoms with Gasteiger partial charge >= 0.3 is 12.0 Å². The minimum absolute atomic E-state index is 0.0162. The van der Waals surface area contributed by atoms with E-state index in [4.69, 9.17) is 14.6 Å². The zero-order valence-electron chi connectivity index (χ0n) is 11.0. The molecule has 19 heavy (non-hydrogen) atoms. The van der Waals surface area contributed by atoms with Crippen molar-refractivity contribution in [1.29, 1.82) is 0 Å². The topological polar surface area (TPSA) is 88.1 Å². The van der Waals surface area contributed by atoms with Crippen LogP contribution in [0, 0.1) is 11.8 Å². The average Bonchev–Trinajstić information content (AvgIpc) is 2.79. The highest BCUT2D eigenvalue weighted by Gasteiger charge is 2.37. The molecule has 7 heteroatoms. The van der Waals surface area contributed by atoms with Crippen molar-refractivity contribution in [2.45, 2.75) is 13.0 Å². The second-order valence-electron chi connectivity index (χ2n) is 5.08. The van der Waals surface area contributed by atoms with E-state index in [-0.39, 0.29) is 24.6 Å². The first kappa shape index (κ1) is 14.1. The molecule has 0 saturated carbocycles. The number of hydrogen-bond acceptors (Lipinski definition) is 4. The molecule has 2 saturated heterocycles. The number of nitrogens with zero attached hydrogens (tertiary/aromatic N) is 1. The van der Waals surface area contributed by atoms with Gasteiger partial charge in [0.05, 0.1) is 31.8 Å². The summed E-state index contributed by atoms with van der Waals surface area (Å²) in [6.07, 6.45) is -0.118. The molecular formula is C12H20N2O5. The second-order valence-corrected chi connectivity index (χ2v) is 5.08. The number of ether oxygens (including phenoxy) is 2. The minimum atomic E-state index is -0.841. The quantitative estimate of drug-likeness (QED) is 0.740. The summed E-state index contributed by atoms with van der Waals surface area (Å²) >= 11 is 0. The third-order valence-corrected chi connectivity index (χ3v) is 3.58. The lowest BCUT2D eigenvalue weighted by atomic mass is 9.99. The fourth-order valence-electron chi connectivity index (χ4n) is 2.42. The summed E-state index contributed by atoms with van der Waals surface area (Å²) < 4.78 is 10.7. The molecule has 7 nitrogen and oxygen atoms in total. The number of carboxylic acid groups (broad SMARTS) is 1. The van der Waals surface area contributed by atoms with Crippen molar-refractivity contribution < 1.29 is 24.2 Å². The molecule has 0 aromatic carbocycles. The Labute approximate surface area is 111 Å². The predicted molar refractivity (Wildman–Crippen MR) is 65.8 cm³/mol. The van der Waals surface area contributed by atoms with E-state index in [2.05, 4.69) is 5.32 Å². The summed E-state index contributed by atoms with van der Waals surface area (Å²) in [4.78, 5) is 24.5. The minimum Gasteiger partial charge on any atom is -0.481 e. The monoisotopic (exact) mass is 272 g/mol. The number of amides is 2. The van der Waals surface area contributed by atoms with Crippen LogP contribution in [0.15, 0.2) is 0 Å². The number of urea groups is 1. The second kappa shape index (κ2) is 6.21. The van der Waals surface area contributed by atoms with Crippen LogP contribution in [0.1, 0.15) is 6.92 Å². The van der Waals surface area contributed by atoms with Crippen LogP contribution in [0.2, 0.25) is 0 Å². The van der Waals surface area contributed by atoms with E-state index in [0.717, 1.165) is 0 Å². The zero-order valence-corrected chi connectivity index (χ0v) is 11.0. The normalized spacial score (nSPS) is 31.2. The van der Waals surface area contributed by atoms with Crippen molar-refractivity contribution in [3.05, 3.63) is 0 Å². The van der Waals surface area contributed by atoms with E-state index >= 15 is 0 Å². The van der Waals surface area contributed by atoms with Gasteiger partial charge in [0.2, 0.25) is 0 Å². The van der Waals surface area contributed by atoms with E-state index in [1.165, 1.54) is 0 Å². The third-order valence-electron chi connectivity index (χ3n) is 3.58. The first-order valence-corrected chi connectivity index (χ1v) is 6.53. The predicted octanol–water partition coefficient (Wildman–Crippen LogP) is -0.236. The Morgan fingerprint density at radius 2 is 2.16 bits per heavy atom. The van der Waals surface area contributed by atoms with Gasteiger partial charge in [0.15, 0.2) is 0 Å². The van der Waals surface area contributed by atoms with Gasteiger partial charge in [0.1, 0.15) is 0 Å². The zero-order chi connectivity index (χ0) is 13.8. The van der Waals surface area contributed by atoms with Crippen LogP contribution in [-0.4, -0.2) is 67.6 Å². The highest BCUT2D eigenvalue weighted by Crippen LogP contribution is 2.22. The molecule has 108 valence electrons. The summed E-state index contributed by atoms with van der Waals surface area (Å²) in [7, 11) is 0. The number of nitrogens with one attached hydrogen (secondary N) is 1. The maximum Gasteiger partial charge on any atom is 0.317 e. The Hall–Kier alpha value is -1.34. The Bertz CT molecular complexity index is 343.